The lowest BCUT2D eigenvalue weighted by Crippen LogP contribution is -2.20. The second-order valence-corrected chi connectivity index (χ2v) is 7.92. The predicted molar refractivity (Wildman–Crippen MR) is 101 cm³/mol. The fourth-order valence-corrected chi connectivity index (χ4v) is 4.03. The Morgan fingerprint density at radius 3 is 2.44 bits per heavy atom. The molecule has 1 unspecified atom stereocenters. The van der Waals surface area contributed by atoms with Crippen molar-refractivity contribution in [2.75, 3.05) is 6.16 Å². The minimum absolute atomic E-state index is 0.331. The van der Waals surface area contributed by atoms with Crippen molar-refractivity contribution in [3.63, 3.8) is 0 Å². The summed E-state index contributed by atoms with van der Waals surface area (Å²) in [6.07, 6.45) is 7.68. The lowest BCUT2D eigenvalue weighted by atomic mass is 9.97. The van der Waals surface area contributed by atoms with Crippen LogP contribution in [0, 0.1) is 0 Å². The summed E-state index contributed by atoms with van der Waals surface area (Å²) in [7, 11) is -1.67. The summed E-state index contributed by atoms with van der Waals surface area (Å²) in [5.74, 6) is 0.945. The first-order valence-corrected chi connectivity index (χ1v) is 10.5. The molecule has 0 N–H and O–H groups in total. The smallest absolute Gasteiger partial charge is 0.490 e. The molecule has 2 aromatic rings. The van der Waals surface area contributed by atoms with Crippen LogP contribution in [0.15, 0.2) is 54.6 Å². The van der Waals surface area contributed by atoms with E-state index in [1.54, 1.807) is 0 Å². The van der Waals surface area contributed by atoms with Crippen molar-refractivity contribution in [3.8, 4) is 5.75 Å². The quantitative estimate of drug-likeness (QED) is 0.552. The normalized spacial score (nSPS) is 15.8. The van der Waals surface area contributed by atoms with Crippen molar-refractivity contribution >= 4 is 8.03 Å². The molecule has 2 aromatic carbocycles. The van der Waals surface area contributed by atoms with Crippen molar-refractivity contribution in [1.82, 2.24) is 0 Å². The number of aryl methyl sites for hydroxylation is 1. The maximum Gasteiger partial charge on any atom is 0.508 e. The molecule has 1 atom stereocenters. The molecule has 4 heteroatoms. The summed E-state index contributed by atoms with van der Waals surface area (Å²) >= 11 is 0. The molecule has 0 aliphatic heterocycles. The third-order valence-corrected chi connectivity index (χ3v) is 5.61. The van der Waals surface area contributed by atoms with Gasteiger partial charge in [0, 0.05) is 6.42 Å². The first-order valence-electron chi connectivity index (χ1n) is 9.17. The summed E-state index contributed by atoms with van der Waals surface area (Å²) in [4.78, 5) is 0. The summed E-state index contributed by atoms with van der Waals surface area (Å²) < 4.78 is 23.9. The van der Waals surface area contributed by atoms with Crippen molar-refractivity contribution in [3.05, 3.63) is 65.7 Å². The molecule has 0 radical (unpaired) electrons. The van der Waals surface area contributed by atoms with Gasteiger partial charge in [0.15, 0.2) is 6.16 Å². The Morgan fingerprint density at radius 2 is 1.64 bits per heavy atom. The molecular formula is C21H26O3P+. The highest BCUT2D eigenvalue weighted by Crippen LogP contribution is 2.30. The summed E-state index contributed by atoms with van der Waals surface area (Å²) in [5.41, 5.74) is 2.17. The van der Waals surface area contributed by atoms with Crippen molar-refractivity contribution in [2.24, 2.45) is 0 Å². The first-order chi connectivity index (χ1) is 12.3. The molecule has 1 fully saturated rings. The highest BCUT2D eigenvalue weighted by molar-refractivity contribution is 7.39. The number of hydrogen-bond donors (Lipinski definition) is 0. The van der Waals surface area contributed by atoms with Gasteiger partial charge in [0.05, 0.1) is 6.10 Å². The van der Waals surface area contributed by atoms with E-state index in [1.807, 2.05) is 48.5 Å². The van der Waals surface area contributed by atoms with E-state index in [0.29, 0.717) is 25.3 Å². The Bertz CT molecular complexity index is 666. The monoisotopic (exact) mass is 357 g/mol. The van der Waals surface area contributed by atoms with Crippen LogP contribution in [0.5, 0.6) is 5.75 Å². The molecule has 0 spiro atoms. The van der Waals surface area contributed by atoms with E-state index in [1.165, 1.54) is 19.3 Å². The van der Waals surface area contributed by atoms with E-state index in [4.69, 9.17) is 9.26 Å². The number of hydrogen-bond acceptors (Lipinski definition) is 3. The Kier molecular flexibility index (Phi) is 7.02. The number of para-hydroxylation sites is 1. The average Bonchev–Trinajstić information content (AvgIpc) is 2.67. The van der Waals surface area contributed by atoms with E-state index in [2.05, 4.69) is 6.07 Å². The standard InChI is InChI=1S/C21H26O3P/c22-25(23-17-18-9-3-1-4-10-18)16-15-19-11-7-8-14-21(19)24-20-12-5-2-6-13-20/h1,3-4,7-11,14,20H,2,5-6,12-13,15-17H2/q+1. The molecule has 1 aliphatic carbocycles. The van der Waals surface area contributed by atoms with Crippen LogP contribution in [0.4, 0.5) is 0 Å². The third kappa shape index (κ3) is 5.95. The molecule has 132 valence electrons. The fourth-order valence-electron chi connectivity index (χ4n) is 3.18. The van der Waals surface area contributed by atoms with Crippen LogP contribution in [-0.4, -0.2) is 12.3 Å². The second kappa shape index (κ2) is 9.70. The maximum atomic E-state index is 12.2. The van der Waals surface area contributed by atoms with Gasteiger partial charge in [-0.2, -0.15) is 0 Å². The average molecular weight is 357 g/mol. The first kappa shape index (κ1) is 18.1. The summed E-state index contributed by atoms with van der Waals surface area (Å²) in [6.45, 7) is 0.399. The zero-order valence-corrected chi connectivity index (χ0v) is 15.5. The number of benzene rings is 2. The van der Waals surface area contributed by atoms with E-state index in [0.717, 1.165) is 29.7 Å². The zero-order chi connectivity index (χ0) is 17.3. The molecule has 0 bridgehead atoms. The molecule has 25 heavy (non-hydrogen) atoms. The van der Waals surface area contributed by atoms with Gasteiger partial charge in [-0.3, -0.25) is 0 Å². The Labute approximate surface area is 151 Å². The van der Waals surface area contributed by atoms with Crippen molar-refractivity contribution in [2.45, 2.75) is 51.2 Å². The van der Waals surface area contributed by atoms with Crippen LogP contribution >= 0.6 is 8.03 Å². The largest absolute Gasteiger partial charge is 0.508 e. The lowest BCUT2D eigenvalue weighted by molar-refractivity contribution is 0.153. The van der Waals surface area contributed by atoms with Crippen LogP contribution in [0.2, 0.25) is 0 Å². The fraction of sp³-hybridized carbons (Fsp3) is 0.429. The van der Waals surface area contributed by atoms with Gasteiger partial charge in [0.2, 0.25) is 0 Å². The van der Waals surface area contributed by atoms with Crippen LogP contribution in [0.1, 0.15) is 43.2 Å². The van der Waals surface area contributed by atoms with Crippen molar-refractivity contribution < 1.29 is 13.8 Å². The van der Waals surface area contributed by atoms with Crippen molar-refractivity contribution in [1.29, 1.82) is 0 Å². The Morgan fingerprint density at radius 1 is 0.920 bits per heavy atom. The number of ether oxygens (including phenoxy) is 1. The van der Waals surface area contributed by atoms with Gasteiger partial charge >= 0.3 is 8.03 Å². The van der Waals surface area contributed by atoms with Crippen LogP contribution in [0.3, 0.4) is 0 Å². The van der Waals surface area contributed by atoms with Gasteiger partial charge in [-0.25, -0.2) is 0 Å². The molecule has 1 saturated carbocycles. The van der Waals surface area contributed by atoms with Gasteiger partial charge in [0.25, 0.3) is 0 Å². The molecule has 0 amide bonds. The molecule has 0 aromatic heterocycles. The minimum Gasteiger partial charge on any atom is -0.490 e. The van der Waals surface area contributed by atoms with Gasteiger partial charge < -0.3 is 4.74 Å². The van der Waals surface area contributed by atoms with E-state index in [-0.39, 0.29) is 0 Å². The summed E-state index contributed by atoms with van der Waals surface area (Å²) in [5, 5.41) is 0. The molecule has 1 aliphatic rings. The van der Waals surface area contributed by atoms with Crippen LogP contribution in [-0.2, 0) is 22.1 Å². The van der Waals surface area contributed by atoms with Crippen LogP contribution < -0.4 is 4.74 Å². The predicted octanol–water partition coefficient (Wildman–Crippen LogP) is 5.90. The maximum absolute atomic E-state index is 12.2. The van der Waals surface area contributed by atoms with Gasteiger partial charge in [0.1, 0.15) is 12.4 Å². The van der Waals surface area contributed by atoms with E-state index >= 15 is 0 Å². The van der Waals surface area contributed by atoms with Gasteiger partial charge in [-0.05, 0) is 47.4 Å². The van der Waals surface area contributed by atoms with E-state index in [9.17, 15) is 4.57 Å². The number of rotatable bonds is 8. The van der Waals surface area contributed by atoms with E-state index < -0.39 is 8.03 Å². The minimum atomic E-state index is -1.67. The molecule has 3 nitrogen and oxygen atoms in total. The molecule has 3 rings (SSSR count). The second-order valence-electron chi connectivity index (χ2n) is 6.55. The molecular weight excluding hydrogens is 331 g/mol. The third-order valence-electron chi connectivity index (χ3n) is 4.60. The lowest BCUT2D eigenvalue weighted by Gasteiger charge is -2.24. The molecule has 0 saturated heterocycles. The SMILES string of the molecule is O=[P+](CCc1ccccc1OC1CCCCC1)OCc1ccccc1. The highest BCUT2D eigenvalue weighted by atomic mass is 31.1. The Hall–Kier alpha value is -1.70. The zero-order valence-electron chi connectivity index (χ0n) is 14.6. The topological polar surface area (TPSA) is 35.5 Å². The molecule has 0 heterocycles. The summed E-state index contributed by atoms with van der Waals surface area (Å²) in [6, 6.07) is 18.0. The van der Waals surface area contributed by atoms with Gasteiger partial charge in [-0.1, -0.05) is 55.0 Å². The Balaban J connectivity index is 1.49. The van der Waals surface area contributed by atoms with Crippen LogP contribution in [0.25, 0.3) is 0 Å². The van der Waals surface area contributed by atoms with Gasteiger partial charge in [-0.15, -0.1) is 4.52 Å². The highest BCUT2D eigenvalue weighted by Gasteiger charge is 2.20.